The number of benzene rings is 2. The van der Waals surface area contributed by atoms with Crippen LogP contribution >= 0.6 is 0 Å². The van der Waals surface area contributed by atoms with Gasteiger partial charge < -0.3 is 10.1 Å². The first-order chi connectivity index (χ1) is 11.3. The van der Waals surface area contributed by atoms with Crippen LogP contribution in [-0.2, 0) is 6.54 Å². The quantitative estimate of drug-likeness (QED) is 0.805. The van der Waals surface area contributed by atoms with Crippen molar-refractivity contribution in [1.82, 2.24) is 20.3 Å². The molecule has 1 fully saturated rings. The van der Waals surface area contributed by atoms with Crippen molar-refractivity contribution in [3.8, 4) is 17.0 Å². The van der Waals surface area contributed by atoms with Gasteiger partial charge in [-0.25, -0.2) is 0 Å². The van der Waals surface area contributed by atoms with E-state index >= 15 is 0 Å². The summed E-state index contributed by atoms with van der Waals surface area (Å²) in [5.41, 5.74) is 1.99. The fraction of sp³-hybridized carbons (Fsp3) is 0.333. The number of nitrogens with one attached hydrogen (secondary N) is 1. The van der Waals surface area contributed by atoms with Crippen LogP contribution in [0.25, 0.3) is 22.0 Å². The lowest BCUT2D eigenvalue weighted by Crippen LogP contribution is -2.26. The molecular weight excluding hydrogens is 288 g/mol. The smallest absolute Gasteiger partial charge is 0.126 e. The minimum Gasteiger partial charge on any atom is -0.496 e. The third-order valence-corrected chi connectivity index (χ3v) is 4.49. The van der Waals surface area contributed by atoms with Crippen molar-refractivity contribution in [1.29, 1.82) is 0 Å². The second kappa shape index (κ2) is 6.01. The SMILES string of the molecule is COc1ccc(-c2cn(CC3CCCN3)nn2)c2ccccc12. The predicted octanol–water partition coefficient (Wildman–Crippen LogP) is 2.86. The number of ether oxygens (including phenoxy) is 1. The highest BCUT2D eigenvalue weighted by Crippen LogP contribution is 2.33. The number of fused-ring (bicyclic) bond motifs is 1. The van der Waals surface area contributed by atoms with E-state index in [-0.39, 0.29) is 0 Å². The van der Waals surface area contributed by atoms with Crippen LogP contribution in [0.5, 0.6) is 5.75 Å². The lowest BCUT2D eigenvalue weighted by atomic mass is 10.0. The molecule has 23 heavy (non-hydrogen) atoms. The second-order valence-corrected chi connectivity index (χ2v) is 5.98. The Labute approximate surface area is 135 Å². The van der Waals surface area contributed by atoms with Crippen LogP contribution in [0.2, 0.25) is 0 Å². The van der Waals surface area contributed by atoms with Crippen LogP contribution in [-0.4, -0.2) is 34.7 Å². The van der Waals surface area contributed by atoms with Gasteiger partial charge >= 0.3 is 0 Å². The molecule has 0 bridgehead atoms. The monoisotopic (exact) mass is 308 g/mol. The maximum Gasteiger partial charge on any atom is 0.126 e. The third kappa shape index (κ3) is 2.68. The van der Waals surface area contributed by atoms with Crippen LogP contribution in [0.15, 0.2) is 42.6 Å². The highest BCUT2D eigenvalue weighted by atomic mass is 16.5. The van der Waals surface area contributed by atoms with Gasteiger partial charge in [0.1, 0.15) is 11.4 Å². The standard InChI is InChI=1S/C18H20N4O/c1-23-18-9-8-15(14-6-2-3-7-16(14)18)17-12-22(21-20-17)11-13-5-4-10-19-13/h2-3,6-9,12-13,19H,4-5,10-11H2,1H3. The molecule has 4 rings (SSSR count). The highest BCUT2D eigenvalue weighted by Gasteiger charge is 2.16. The number of hydrogen-bond donors (Lipinski definition) is 1. The zero-order valence-electron chi connectivity index (χ0n) is 13.2. The number of rotatable bonds is 4. The summed E-state index contributed by atoms with van der Waals surface area (Å²) in [5, 5.41) is 14.4. The van der Waals surface area contributed by atoms with Gasteiger partial charge in [0.15, 0.2) is 0 Å². The predicted molar refractivity (Wildman–Crippen MR) is 90.5 cm³/mol. The van der Waals surface area contributed by atoms with Gasteiger partial charge in [0.05, 0.1) is 19.9 Å². The normalized spacial score (nSPS) is 17.7. The van der Waals surface area contributed by atoms with Crippen molar-refractivity contribution in [2.75, 3.05) is 13.7 Å². The average Bonchev–Trinajstić information content (AvgIpc) is 3.26. The van der Waals surface area contributed by atoms with Crippen LogP contribution in [0, 0.1) is 0 Å². The first-order valence-electron chi connectivity index (χ1n) is 8.05. The molecular formula is C18H20N4O. The van der Waals surface area contributed by atoms with Crippen molar-refractivity contribution in [2.45, 2.75) is 25.4 Å². The van der Waals surface area contributed by atoms with Crippen molar-refractivity contribution in [3.63, 3.8) is 0 Å². The average molecular weight is 308 g/mol. The van der Waals surface area contributed by atoms with Gasteiger partial charge in [-0.3, -0.25) is 4.68 Å². The number of aromatic nitrogens is 3. The molecule has 5 nitrogen and oxygen atoms in total. The van der Waals surface area contributed by atoms with E-state index in [1.165, 1.54) is 12.8 Å². The Hall–Kier alpha value is -2.40. The molecule has 2 heterocycles. The molecule has 5 heteroatoms. The maximum atomic E-state index is 5.46. The third-order valence-electron chi connectivity index (χ3n) is 4.49. The zero-order valence-corrected chi connectivity index (χ0v) is 13.2. The fourth-order valence-corrected chi connectivity index (χ4v) is 3.32. The van der Waals surface area contributed by atoms with E-state index in [0.717, 1.165) is 40.9 Å². The Balaban J connectivity index is 1.70. The summed E-state index contributed by atoms with van der Waals surface area (Å²) < 4.78 is 7.40. The lowest BCUT2D eigenvalue weighted by Gasteiger charge is -2.09. The largest absolute Gasteiger partial charge is 0.496 e. The van der Waals surface area contributed by atoms with Crippen molar-refractivity contribution in [3.05, 3.63) is 42.6 Å². The van der Waals surface area contributed by atoms with Gasteiger partial charge in [-0.15, -0.1) is 5.10 Å². The van der Waals surface area contributed by atoms with Crippen molar-refractivity contribution in [2.24, 2.45) is 0 Å². The van der Waals surface area contributed by atoms with Crippen LogP contribution in [0.3, 0.4) is 0 Å². The molecule has 3 aromatic rings. The number of hydrogen-bond acceptors (Lipinski definition) is 4. The van der Waals surface area contributed by atoms with Crippen molar-refractivity contribution >= 4 is 10.8 Å². The van der Waals surface area contributed by atoms with Gasteiger partial charge in [-0.2, -0.15) is 0 Å². The van der Waals surface area contributed by atoms with E-state index in [9.17, 15) is 0 Å². The zero-order chi connectivity index (χ0) is 15.6. The van der Waals surface area contributed by atoms with E-state index < -0.39 is 0 Å². The number of nitrogens with zero attached hydrogens (tertiary/aromatic N) is 3. The van der Waals surface area contributed by atoms with Crippen molar-refractivity contribution < 1.29 is 4.74 Å². The minimum absolute atomic E-state index is 0.511. The molecule has 1 N–H and O–H groups in total. The van der Waals surface area contributed by atoms with Gasteiger partial charge in [-0.05, 0) is 36.9 Å². The molecule has 0 aliphatic carbocycles. The fourth-order valence-electron chi connectivity index (χ4n) is 3.32. The summed E-state index contributed by atoms with van der Waals surface area (Å²) in [6, 6.07) is 12.8. The van der Waals surface area contributed by atoms with Gasteiger partial charge in [-0.1, -0.05) is 29.5 Å². The molecule has 2 aromatic carbocycles. The lowest BCUT2D eigenvalue weighted by molar-refractivity contribution is 0.420. The molecule has 1 aliphatic rings. The molecule has 118 valence electrons. The summed E-state index contributed by atoms with van der Waals surface area (Å²) in [5.74, 6) is 0.881. The first-order valence-corrected chi connectivity index (χ1v) is 8.05. The minimum atomic E-state index is 0.511. The van der Waals surface area contributed by atoms with Crippen LogP contribution < -0.4 is 10.1 Å². The van der Waals surface area contributed by atoms with E-state index in [0.29, 0.717) is 6.04 Å². The molecule has 1 aromatic heterocycles. The Morgan fingerprint density at radius 3 is 2.87 bits per heavy atom. The Morgan fingerprint density at radius 2 is 2.09 bits per heavy atom. The summed E-state index contributed by atoms with van der Waals surface area (Å²) >= 11 is 0. The second-order valence-electron chi connectivity index (χ2n) is 5.98. The number of methoxy groups -OCH3 is 1. The first kappa shape index (κ1) is 14.2. The topological polar surface area (TPSA) is 52.0 Å². The molecule has 0 amide bonds. The van der Waals surface area contributed by atoms with Gasteiger partial charge in [0.2, 0.25) is 0 Å². The summed E-state index contributed by atoms with van der Waals surface area (Å²) in [7, 11) is 1.70. The summed E-state index contributed by atoms with van der Waals surface area (Å²) in [4.78, 5) is 0. The summed E-state index contributed by atoms with van der Waals surface area (Å²) in [6.45, 7) is 1.98. The van der Waals surface area contributed by atoms with Crippen LogP contribution in [0.1, 0.15) is 12.8 Å². The molecule has 0 saturated carbocycles. The Bertz CT molecular complexity index is 821. The Morgan fingerprint density at radius 1 is 1.22 bits per heavy atom. The van der Waals surface area contributed by atoms with Gasteiger partial charge in [0.25, 0.3) is 0 Å². The molecule has 0 radical (unpaired) electrons. The molecule has 1 atom stereocenters. The molecule has 1 saturated heterocycles. The van der Waals surface area contributed by atoms with E-state index in [1.807, 2.05) is 29.1 Å². The van der Waals surface area contributed by atoms with E-state index in [1.54, 1.807) is 7.11 Å². The maximum absolute atomic E-state index is 5.46. The Kier molecular flexibility index (Phi) is 3.71. The van der Waals surface area contributed by atoms with Gasteiger partial charge in [0, 0.05) is 17.0 Å². The summed E-state index contributed by atoms with van der Waals surface area (Å²) in [6.07, 6.45) is 4.49. The van der Waals surface area contributed by atoms with E-state index in [2.05, 4.69) is 33.8 Å². The van der Waals surface area contributed by atoms with Crippen LogP contribution in [0.4, 0.5) is 0 Å². The highest BCUT2D eigenvalue weighted by molar-refractivity contribution is 5.99. The molecule has 1 unspecified atom stereocenters. The molecule has 1 aliphatic heterocycles. The molecule has 0 spiro atoms. The van der Waals surface area contributed by atoms with E-state index in [4.69, 9.17) is 4.74 Å².